The number of hydrogen-bond acceptors (Lipinski definition) is 3. The van der Waals surface area contributed by atoms with Gasteiger partial charge in [-0.2, -0.15) is 18.4 Å². The summed E-state index contributed by atoms with van der Waals surface area (Å²) < 4.78 is 36.0. The summed E-state index contributed by atoms with van der Waals surface area (Å²) in [5, 5.41) is 15.8. The van der Waals surface area contributed by atoms with Crippen LogP contribution in [-0.4, -0.2) is 11.2 Å². The molecule has 0 saturated carbocycles. The summed E-state index contributed by atoms with van der Waals surface area (Å²) in [5.41, 5.74) is 0.673. The van der Waals surface area contributed by atoms with E-state index in [0.29, 0.717) is 0 Å². The lowest BCUT2D eigenvalue weighted by molar-refractivity contribution is -0.137. The Morgan fingerprint density at radius 2 is 2.00 bits per heavy atom. The van der Waals surface area contributed by atoms with E-state index < -0.39 is 17.8 Å². The van der Waals surface area contributed by atoms with E-state index in [1.54, 1.807) is 6.07 Å². The smallest absolute Gasteiger partial charge is 0.418 e. The molecular weight excluding hydrogens is 239 g/mol. The number of rotatable bonds is 0. The number of hydrazine groups is 1. The number of carbonyl (C=O) groups is 1. The molecule has 1 aromatic carbocycles. The first-order valence-electron chi connectivity index (χ1n) is 4.08. The maximum absolute atomic E-state index is 12.0. The summed E-state index contributed by atoms with van der Waals surface area (Å²) in [6.07, 6.45) is -5.59. The van der Waals surface area contributed by atoms with E-state index in [-0.39, 0.29) is 5.56 Å². The molecule has 0 atom stereocenters. The zero-order valence-corrected chi connectivity index (χ0v) is 8.32. The molecule has 0 aliphatic carbocycles. The fourth-order valence-corrected chi connectivity index (χ4v) is 0.765. The van der Waals surface area contributed by atoms with Crippen molar-refractivity contribution < 1.29 is 23.1 Å². The number of nitrogens with one attached hydrogen (secondary N) is 1. The average Bonchev–Trinajstić information content (AvgIpc) is 2.29. The van der Waals surface area contributed by atoms with Gasteiger partial charge in [-0.05, 0) is 18.2 Å². The summed E-state index contributed by atoms with van der Waals surface area (Å²) in [6, 6.07) is 5.93. The predicted molar refractivity (Wildman–Crippen MR) is 51.5 cm³/mol. The zero-order chi connectivity index (χ0) is 13.5. The number of nitrogens with two attached hydrogens (primary N) is 1. The zero-order valence-electron chi connectivity index (χ0n) is 8.32. The second kappa shape index (κ2) is 6.34. The van der Waals surface area contributed by atoms with E-state index in [2.05, 4.69) is 5.84 Å². The lowest BCUT2D eigenvalue weighted by Gasteiger charge is -2.05. The molecule has 0 saturated heterocycles. The second-order valence-electron chi connectivity index (χ2n) is 2.64. The van der Waals surface area contributed by atoms with Crippen LogP contribution in [0.1, 0.15) is 11.1 Å². The molecule has 0 radical (unpaired) electrons. The van der Waals surface area contributed by atoms with E-state index in [4.69, 9.17) is 15.2 Å². The van der Waals surface area contributed by atoms with Gasteiger partial charge in [-0.1, -0.05) is 6.07 Å². The van der Waals surface area contributed by atoms with Gasteiger partial charge in [-0.3, -0.25) is 5.43 Å². The Hall–Kier alpha value is -2.27. The number of benzene rings is 1. The molecule has 0 heterocycles. The molecule has 1 rings (SSSR count). The number of nitrogens with zero attached hydrogens (tertiary/aromatic N) is 1. The van der Waals surface area contributed by atoms with Crippen LogP contribution >= 0.6 is 0 Å². The summed E-state index contributed by atoms with van der Waals surface area (Å²) in [7, 11) is 0. The van der Waals surface area contributed by atoms with Crippen LogP contribution in [0.5, 0.6) is 0 Å². The predicted octanol–water partition coefficient (Wildman–Crippen LogP) is 1.70. The topological polar surface area (TPSA) is 99.1 Å². The third kappa shape index (κ3) is 6.01. The minimum atomic E-state index is -4.37. The van der Waals surface area contributed by atoms with Crippen molar-refractivity contribution in [3.05, 3.63) is 35.4 Å². The van der Waals surface area contributed by atoms with Crippen molar-refractivity contribution in [3.8, 4) is 6.07 Å². The minimum absolute atomic E-state index is 0.0184. The van der Waals surface area contributed by atoms with Gasteiger partial charge in [0.05, 0.1) is 17.2 Å². The monoisotopic (exact) mass is 247 g/mol. The van der Waals surface area contributed by atoms with E-state index in [1.165, 1.54) is 17.6 Å². The Labute approximate surface area is 94.2 Å². The van der Waals surface area contributed by atoms with Gasteiger partial charge in [0.2, 0.25) is 0 Å². The van der Waals surface area contributed by atoms with Crippen LogP contribution in [-0.2, 0) is 6.18 Å². The Balaban J connectivity index is 0.000000437. The van der Waals surface area contributed by atoms with Gasteiger partial charge in [0.15, 0.2) is 0 Å². The van der Waals surface area contributed by atoms with Crippen molar-refractivity contribution in [2.24, 2.45) is 5.84 Å². The Bertz CT molecular complexity index is 426. The fourth-order valence-electron chi connectivity index (χ4n) is 0.765. The highest BCUT2D eigenvalue weighted by molar-refractivity contribution is 5.63. The van der Waals surface area contributed by atoms with Gasteiger partial charge in [-0.15, -0.1) is 0 Å². The van der Waals surface area contributed by atoms with E-state index in [0.717, 1.165) is 12.1 Å². The van der Waals surface area contributed by atoms with Gasteiger partial charge in [0, 0.05) is 0 Å². The van der Waals surface area contributed by atoms with Crippen molar-refractivity contribution in [1.82, 2.24) is 5.43 Å². The first-order valence-corrected chi connectivity index (χ1v) is 4.08. The van der Waals surface area contributed by atoms with Crippen LogP contribution in [0.25, 0.3) is 0 Å². The highest BCUT2D eigenvalue weighted by atomic mass is 19.4. The van der Waals surface area contributed by atoms with Crippen LogP contribution in [0.15, 0.2) is 24.3 Å². The third-order valence-corrected chi connectivity index (χ3v) is 1.44. The van der Waals surface area contributed by atoms with Crippen molar-refractivity contribution in [3.63, 3.8) is 0 Å². The van der Waals surface area contributed by atoms with Gasteiger partial charge in [0.25, 0.3) is 0 Å². The Morgan fingerprint density at radius 3 is 2.35 bits per heavy atom. The first-order chi connectivity index (χ1) is 7.81. The largest absolute Gasteiger partial charge is 0.464 e. The number of hydrogen-bond donors (Lipinski definition) is 3. The maximum Gasteiger partial charge on any atom is 0.418 e. The number of carboxylic acid groups (broad SMARTS) is 1. The summed E-state index contributed by atoms with van der Waals surface area (Å²) >= 11 is 0. The quantitative estimate of drug-likeness (QED) is 0.369. The normalized spacial score (nSPS) is 9.59. The summed E-state index contributed by atoms with van der Waals surface area (Å²) in [5.74, 6) is 4.32. The standard InChI is InChI=1S/C8H4F3N.CH4N2O2/c9-8(10,11)7-3-1-2-6(4-7)5-12;2-3-1(4)5/h1-4H;3H,2H2,(H,4,5). The van der Waals surface area contributed by atoms with Gasteiger partial charge in [0.1, 0.15) is 0 Å². The minimum Gasteiger partial charge on any atom is -0.464 e. The van der Waals surface area contributed by atoms with Crippen molar-refractivity contribution >= 4 is 6.09 Å². The van der Waals surface area contributed by atoms with Crippen LogP contribution < -0.4 is 11.3 Å². The Morgan fingerprint density at radius 1 is 1.47 bits per heavy atom. The molecule has 1 amide bonds. The van der Waals surface area contributed by atoms with Gasteiger partial charge < -0.3 is 5.11 Å². The van der Waals surface area contributed by atoms with Crippen molar-refractivity contribution in [2.75, 3.05) is 0 Å². The molecule has 0 unspecified atom stereocenters. The molecule has 92 valence electrons. The van der Waals surface area contributed by atoms with Gasteiger partial charge in [-0.25, -0.2) is 10.6 Å². The molecule has 4 N–H and O–H groups in total. The van der Waals surface area contributed by atoms with Crippen LogP contribution in [0, 0.1) is 11.3 Å². The second-order valence-corrected chi connectivity index (χ2v) is 2.64. The SMILES string of the molecule is N#Cc1cccc(C(F)(F)F)c1.NNC(=O)O. The van der Waals surface area contributed by atoms with Crippen molar-refractivity contribution in [1.29, 1.82) is 5.26 Å². The highest BCUT2D eigenvalue weighted by Crippen LogP contribution is 2.29. The fraction of sp³-hybridized carbons (Fsp3) is 0.111. The molecule has 0 aliphatic rings. The van der Waals surface area contributed by atoms with Gasteiger partial charge >= 0.3 is 12.3 Å². The highest BCUT2D eigenvalue weighted by Gasteiger charge is 2.30. The molecule has 8 heteroatoms. The molecule has 1 aromatic rings. The third-order valence-electron chi connectivity index (χ3n) is 1.44. The summed E-state index contributed by atoms with van der Waals surface area (Å²) in [4.78, 5) is 9.13. The molecule has 5 nitrogen and oxygen atoms in total. The van der Waals surface area contributed by atoms with E-state index >= 15 is 0 Å². The van der Waals surface area contributed by atoms with Crippen LogP contribution in [0.3, 0.4) is 0 Å². The molecule has 0 bridgehead atoms. The lowest BCUT2D eigenvalue weighted by atomic mass is 10.1. The molecular formula is C9H8F3N3O2. The van der Waals surface area contributed by atoms with Crippen molar-refractivity contribution in [2.45, 2.75) is 6.18 Å². The number of nitriles is 1. The Kier molecular flexibility index (Phi) is 5.50. The number of halogens is 3. The summed E-state index contributed by atoms with van der Waals surface area (Å²) in [6.45, 7) is 0. The molecule has 0 aromatic heterocycles. The lowest BCUT2D eigenvalue weighted by Crippen LogP contribution is -2.27. The molecule has 0 fully saturated rings. The maximum atomic E-state index is 12.0. The number of alkyl halides is 3. The number of amides is 1. The molecule has 17 heavy (non-hydrogen) atoms. The van der Waals surface area contributed by atoms with Crippen LogP contribution in [0.4, 0.5) is 18.0 Å². The van der Waals surface area contributed by atoms with Crippen LogP contribution in [0.2, 0.25) is 0 Å². The van der Waals surface area contributed by atoms with E-state index in [1.807, 2.05) is 0 Å². The molecule has 0 spiro atoms. The average molecular weight is 247 g/mol. The molecule has 0 aliphatic heterocycles. The van der Waals surface area contributed by atoms with E-state index in [9.17, 15) is 13.2 Å². The first kappa shape index (κ1) is 14.7.